The molecule has 98 valence electrons. The predicted molar refractivity (Wildman–Crippen MR) is 81.4 cm³/mol. The third-order valence-corrected chi connectivity index (χ3v) is 3.54. The van der Waals surface area contributed by atoms with Gasteiger partial charge in [-0.15, -0.1) is 0 Å². The lowest BCUT2D eigenvalue weighted by Gasteiger charge is -2.12. The number of rotatable bonds is 3. The number of nitrogens with zero attached hydrogens (tertiary/aromatic N) is 2. The van der Waals surface area contributed by atoms with E-state index in [4.69, 9.17) is 0 Å². The minimum absolute atomic E-state index is 0.307. The largest absolute Gasteiger partial charge is 0.264 e. The quantitative estimate of drug-likeness (QED) is 0.702. The monoisotopic (exact) mass is 260 g/mol. The first-order valence-electron chi connectivity index (χ1n) is 6.76. The molecule has 2 aromatic heterocycles. The summed E-state index contributed by atoms with van der Waals surface area (Å²) in [5.41, 5.74) is 4.57. The van der Waals surface area contributed by atoms with E-state index in [9.17, 15) is 0 Å². The Morgan fingerprint density at radius 3 is 2.25 bits per heavy atom. The van der Waals surface area contributed by atoms with Crippen molar-refractivity contribution < 1.29 is 0 Å². The highest BCUT2D eigenvalue weighted by molar-refractivity contribution is 5.58. The van der Waals surface area contributed by atoms with E-state index in [1.54, 1.807) is 6.20 Å². The smallest absolute Gasteiger partial charge is 0.0702 e. The second-order valence-electron chi connectivity index (χ2n) is 4.85. The van der Waals surface area contributed by atoms with Gasteiger partial charge < -0.3 is 0 Å². The standard InChI is InChI=1S/C18H16N2/c1-14(16-8-5-11-19-12-16)17-9-10-18(20-13-17)15-6-3-2-4-7-15/h2-14H,1H3. The fourth-order valence-electron chi connectivity index (χ4n) is 2.27. The maximum Gasteiger partial charge on any atom is 0.0702 e. The summed E-state index contributed by atoms with van der Waals surface area (Å²) < 4.78 is 0. The van der Waals surface area contributed by atoms with Crippen LogP contribution in [0.25, 0.3) is 11.3 Å². The Kier molecular flexibility index (Phi) is 3.55. The van der Waals surface area contributed by atoms with Crippen molar-refractivity contribution in [3.8, 4) is 11.3 Å². The van der Waals surface area contributed by atoms with E-state index in [0.29, 0.717) is 5.92 Å². The molecule has 0 fully saturated rings. The predicted octanol–water partition coefficient (Wildman–Crippen LogP) is 4.30. The van der Waals surface area contributed by atoms with Crippen LogP contribution in [0.3, 0.4) is 0 Å². The fraction of sp³-hybridized carbons (Fsp3) is 0.111. The van der Waals surface area contributed by atoms with Gasteiger partial charge in [0.25, 0.3) is 0 Å². The Labute approximate surface area is 119 Å². The van der Waals surface area contributed by atoms with Gasteiger partial charge in [0, 0.05) is 30.1 Å². The zero-order valence-corrected chi connectivity index (χ0v) is 11.4. The van der Waals surface area contributed by atoms with Crippen LogP contribution in [0.2, 0.25) is 0 Å². The third kappa shape index (κ3) is 2.59. The second-order valence-corrected chi connectivity index (χ2v) is 4.85. The fourth-order valence-corrected chi connectivity index (χ4v) is 2.27. The highest BCUT2D eigenvalue weighted by Gasteiger charge is 2.09. The van der Waals surface area contributed by atoms with Crippen LogP contribution in [0.4, 0.5) is 0 Å². The summed E-state index contributed by atoms with van der Waals surface area (Å²) in [6.45, 7) is 2.18. The van der Waals surface area contributed by atoms with Crippen LogP contribution in [0.1, 0.15) is 24.0 Å². The molecule has 0 radical (unpaired) electrons. The molecule has 2 nitrogen and oxygen atoms in total. The summed E-state index contributed by atoms with van der Waals surface area (Å²) in [7, 11) is 0. The van der Waals surface area contributed by atoms with E-state index in [2.05, 4.69) is 47.2 Å². The van der Waals surface area contributed by atoms with Crippen molar-refractivity contribution >= 4 is 0 Å². The van der Waals surface area contributed by atoms with Crippen LogP contribution in [0.5, 0.6) is 0 Å². The van der Waals surface area contributed by atoms with Crippen LogP contribution in [-0.4, -0.2) is 9.97 Å². The number of hydrogen-bond donors (Lipinski definition) is 0. The summed E-state index contributed by atoms with van der Waals surface area (Å²) in [4.78, 5) is 8.75. The zero-order valence-electron chi connectivity index (χ0n) is 11.4. The molecule has 0 aliphatic heterocycles. The van der Waals surface area contributed by atoms with E-state index < -0.39 is 0 Å². The van der Waals surface area contributed by atoms with Crippen LogP contribution >= 0.6 is 0 Å². The molecule has 2 heterocycles. The molecule has 20 heavy (non-hydrogen) atoms. The van der Waals surface area contributed by atoms with Crippen LogP contribution in [-0.2, 0) is 0 Å². The molecule has 0 saturated carbocycles. The molecule has 0 amide bonds. The van der Waals surface area contributed by atoms with Gasteiger partial charge in [0.1, 0.15) is 0 Å². The average molecular weight is 260 g/mol. The summed E-state index contributed by atoms with van der Waals surface area (Å²) in [6.07, 6.45) is 5.67. The lowest BCUT2D eigenvalue weighted by molar-refractivity contribution is 0.902. The van der Waals surface area contributed by atoms with Gasteiger partial charge in [-0.3, -0.25) is 9.97 Å². The van der Waals surface area contributed by atoms with Gasteiger partial charge in [-0.25, -0.2) is 0 Å². The molecular weight excluding hydrogens is 244 g/mol. The number of benzene rings is 1. The highest BCUT2D eigenvalue weighted by atomic mass is 14.7. The number of hydrogen-bond acceptors (Lipinski definition) is 2. The maximum atomic E-state index is 4.58. The highest BCUT2D eigenvalue weighted by Crippen LogP contribution is 2.24. The minimum Gasteiger partial charge on any atom is -0.264 e. The molecule has 0 saturated heterocycles. The van der Waals surface area contributed by atoms with Crippen molar-refractivity contribution in [2.75, 3.05) is 0 Å². The average Bonchev–Trinajstić information content (AvgIpc) is 2.56. The second kappa shape index (κ2) is 5.66. The summed E-state index contributed by atoms with van der Waals surface area (Å²) in [5, 5.41) is 0. The van der Waals surface area contributed by atoms with E-state index in [-0.39, 0.29) is 0 Å². The van der Waals surface area contributed by atoms with Gasteiger partial charge in [0.2, 0.25) is 0 Å². The van der Waals surface area contributed by atoms with Gasteiger partial charge in [-0.05, 0) is 23.3 Å². The molecule has 0 spiro atoms. The van der Waals surface area contributed by atoms with Crippen molar-refractivity contribution in [3.05, 3.63) is 84.3 Å². The third-order valence-electron chi connectivity index (χ3n) is 3.54. The molecule has 3 aromatic rings. The van der Waals surface area contributed by atoms with Crippen molar-refractivity contribution in [1.29, 1.82) is 0 Å². The Morgan fingerprint density at radius 1 is 0.800 bits per heavy atom. The lowest BCUT2D eigenvalue weighted by Crippen LogP contribution is -1.97. The molecule has 1 aromatic carbocycles. The molecule has 0 aliphatic rings. The molecule has 0 bridgehead atoms. The van der Waals surface area contributed by atoms with E-state index in [1.807, 2.05) is 36.7 Å². The summed E-state index contributed by atoms with van der Waals surface area (Å²) in [6, 6.07) is 18.5. The Bertz CT molecular complexity index is 661. The minimum atomic E-state index is 0.307. The molecule has 1 unspecified atom stereocenters. The maximum absolute atomic E-state index is 4.58. The Morgan fingerprint density at radius 2 is 1.60 bits per heavy atom. The van der Waals surface area contributed by atoms with Crippen molar-refractivity contribution in [2.24, 2.45) is 0 Å². The number of pyridine rings is 2. The van der Waals surface area contributed by atoms with Crippen LogP contribution < -0.4 is 0 Å². The normalized spacial score (nSPS) is 12.1. The van der Waals surface area contributed by atoms with Gasteiger partial charge in [0.15, 0.2) is 0 Å². The Hall–Kier alpha value is -2.48. The van der Waals surface area contributed by atoms with Crippen LogP contribution in [0, 0.1) is 0 Å². The summed E-state index contributed by atoms with van der Waals surface area (Å²) in [5.74, 6) is 0.307. The SMILES string of the molecule is CC(c1cccnc1)c1ccc(-c2ccccc2)nc1. The Balaban J connectivity index is 1.87. The topological polar surface area (TPSA) is 25.8 Å². The first-order chi connectivity index (χ1) is 9.84. The molecule has 0 aliphatic carbocycles. The summed E-state index contributed by atoms with van der Waals surface area (Å²) >= 11 is 0. The lowest BCUT2D eigenvalue weighted by atomic mass is 9.95. The molecule has 3 rings (SSSR count). The molecule has 2 heteroatoms. The molecule has 1 atom stereocenters. The van der Waals surface area contributed by atoms with Crippen molar-refractivity contribution in [1.82, 2.24) is 9.97 Å². The van der Waals surface area contributed by atoms with Gasteiger partial charge in [0.05, 0.1) is 5.69 Å². The number of aromatic nitrogens is 2. The first kappa shape index (κ1) is 12.5. The van der Waals surface area contributed by atoms with E-state index >= 15 is 0 Å². The van der Waals surface area contributed by atoms with Crippen molar-refractivity contribution in [3.63, 3.8) is 0 Å². The zero-order chi connectivity index (χ0) is 13.8. The molecular formula is C18H16N2. The van der Waals surface area contributed by atoms with Gasteiger partial charge in [-0.1, -0.05) is 49.4 Å². The van der Waals surface area contributed by atoms with Crippen LogP contribution in [0.15, 0.2) is 73.2 Å². The molecule has 0 N–H and O–H groups in total. The first-order valence-corrected chi connectivity index (χ1v) is 6.76. The van der Waals surface area contributed by atoms with E-state index in [1.165, 1.54) is 11.1 Å². The van der Waals surface area contributed by atoms with Gasteiger partial charge >= 0.3 is 0 Å². The van der Waals surface area contributed by atoms with Gasteiger partial charge in [-0.2, -0.15) is 0 Å². The van der Waals surface area contributed by atoms with Crippen molar-refractivity contribution in [2.45, 2.75) is 12.8 Å². The van der Waals surface area contributed by atoms with E-state index in [0.717, 1.165) is 11.3 Å².